The molecule has 1 aromatic carbocycles. The molecule has 2 rings (SSSR count). The van der Waals surface area contributed by atoms with Crippen LogP contribution in [0.5, 0.6) is 0 Å². The van der Waals surface area contributed by atoms with E-state index in [1.54, 1.807) is 0 Å². The normalized spacial score (nSPS) is 27.3. The number of rotatable bonds is 6. The van der Waals surface area contributed by atoms with Gasteiger partial charge in [0.15, 0.2) is 0 Å². The van der Waals surface area contributed by atoms with Gasteiger partial charge < -0.3 is 10.8 Å². The van der Waals surface area contributed by atoms with Gasteiger partial charge in [0.2, 0.25) is 0 Å². The molecule has 0 heterocycles. The third-order valence-corrected chi connectivity index (χ3v) is 4.59. The van der Waals surface area contributed by atoms with Crippen molar-refractivity contribution in [3.05, 3.63) is 35.4 Å². The smallest absolute Gasteiger partial charge is 0.0920 e. The summed E-state index contributed by atoms with van der Waals surface area (Å²) >= 11 is 0. The molecular formula is C17H27NO. The molecule has 0 spiro atoms. The van der Waals surface area contributed by atoms with Crippen LogP contribution in [-0.2, 0) is 5.60 Å². The van der Waals surface area contributed by atoms with E-state index in [0.29, 0.717) is 12.3 Å². The number of benzene rings is 1. The van der Waals surface area contributed by atoms with Gasteiger partial charge in [0.05, 0.1) is 5.60 Å². The Labute approximate surface area is 117 Å². The second-order valence-corrected chi connectivity index (χ2v) is 6.05. The number of nitrogens with two attached hydrogens (primary N) is 1. The number of hydrogen-bond acceptors (Lipinski definition) is 2. The van der Waals surface area contributed by atoms with E-state index in [9.17, 15) is 5.11 Å². The maximum atomic E-state index is 11.0. The van der Waals surface area contributed by atoms with Crippen LogP contribution in [0.15, 0.2) is 24.3 Å². The van der Waals surface area contributed by atoms with Gasteiger partial charge in [-0.3, -0.25) is 0 Å². The third-order valence-electron chi connectivity index (χ3n) is 4.59. The molecule has 3 unspecified atom stereocenters. The van der Waals surface area contributed by atoms with E-state index >= 15 is 0 Å². The molecule has 106 valence electrons. The minimum Gasteiger partial charge on any atom is -0.385 e. The summed E-state index contributed by atoms with van der Waals surface area (Å²) in [6.45, 7) is 4.45. The summed E-state index contributed by atoms with van der Waals surface area (Å²) in [4.78, 5) is 0. The summed E-state index contributed by atoms with van der Waals surface area (Å²) in [7, 11) is 0. The van der Waals surface area contributed by atoms with Gasteiger partial charge in [-0.05, 0) is 29.9 Å². The van der Waals surface area contributed by atoms with Crippen molar-refractivity contribution in [1.82, 2.24) is 0 Å². The minimum atomic E-state index is -0.704. The lowest BCUT2D eigenvalue weighted by Crippen LogP contribution is -2.27. The Kier molecular flexibility index (Phi) is 4.64. The first-order valence-corrected chi connectivity index (χ1v) is 7.68. The highest BCUT2D eigenvalue weighted by Gasteiger charge is 2.41. The third kappa shape index (κ3) is 3.01. The van der Waals surface area contributed by atoms with Crippen molar-refractivity contribution in [2.75, 3.05) is 0 Å². The molecule has 0 aromatic heterocycles. The van der Waals surface area contributed by atoms with Crippen LogP contribution in [0.4, 0.5) is 0 Å². The predicted molar refractivity (Wildman–Crippen MR) is 79.8 cm³/mol. The predicted octanol–water partition coefficient (Wildman–Crippen LogP) is 3.88. The monoisotopic (exact) mass is 261 g/mol. The van der Waals surface area contributed by atoms with Crippen LogP contribution in [-0.4, -0.2) is 5.11 Å². The molecule has 0 saturated carbocycles. The first-order valence-electron chi connectivity index (χ1n) is 7.68. The van der Waals surface area contributed by atoms with Crippen LogP contribution >= 0.6 is 0 Å². The number of unbranched alkanes of at least 4 members (excludes halogenated alkanes) is 1. The van der Waals surface area contributed by atoms with Gasteiger partial charge in [0.1, 0.15) is 0 Å². The molecule has 1 aliphatic carbocycles. The van der Waals surface area contributed by atoms with Crippen LogP contribution in [0, 0.1) is 5.92 Å². The topological polar surface area (TPSA) is 46.2 Å². The second kappa shape index (κ2) is 6.06. The van der Waals surface area contributed by atoms with E-state index in [2.05, 4.69) is 26.0 Å². The van der Waals surface area contributed by atoms with Gasteiger partial charge in [0.25, 0.3) is 0 Å². The fraction of sp³-hybridized carbons (Fsp3) is 0.647. The van der Waals surface area contributed by atoms with Gasteiger partial charge in [-0.15, -0.1) is 0 Å². The Balaban J connectivity index is 2.15. The lowest BCUT2D eigenvalue weighted by Gasteiger charge is -2.29. The molecule has 2 heteroatoms. The molecule has 1 aromatic rings. The SMILES string of the molecule is CCCCC(CC)CC1(O)CC(N)c2ccccc21. The van der Waals surface area contributed by atoms with Crippen molar-refractivity contribution in [2.45, 2.75) is 64.0 Å². The van der Waals surface area contributed by atoms with Crippen molar-refractivity contribution < 1.29 is 5.11 Å². The maximum Gasteiger partial charge on any atom is 0.0920 e. The second-order valence-electron chi connectivity index (χ2n) is 6.05. The summed E-state index contributed by atoms with van der Waals surface area (Å²) < 4.78 is 0. The molecule has 3 N–H and O–H groups in total. The van der Waals surface area contributed by atoms with Crippen LogP contribution in [0.25, 0.3) is 0 Å². The van der Waals surface area contributed by atoms with Crippen molar-refractivity contribution >= 4 is 0 Å². The zero-order valence-corrected chi connectivity index (χ0v) is 12.2. The Hall–Kier alpha value is -0.860. The zero-order chi connectivity index (χ0) is 13.9. The average Bonchev–Trinajstić information content (AvgIpc) is 2.67. The number of hydrogen-bond donors (Lipinski definition) is 2. The summed E-state index contributed by atoms with van der Waals surface area (Å²) in [6.07, 6.45) is 6.36. The molecule has 0 radical (unpaired) electrons. The van der Waals surface area contributed by atoms with E-state index < -0.39 is 5.60 Å². The van der Waals surface area contributed by atoms with Crippen molar-refractivity contribution in [3.8, 4) is 0 Å². The largest absolute Gasteiger partial charge is 0.385 e. The van der Waals surface area contributed by atoms with Crippen LogP contribution in [0.1, 0.15) is 69.5 Å². The average molecular weight is 261 g/mol. The summed E-state index contributed by atoms with van der Waals surface area (Å²) in [5, 5.41) is 11.0. The molecule has 0 amide bonds. The molecule has 19 heavy (non-hydrogen) atoms. The van der Waals surface area contributed by atoms with E-state index in [-0.39, 0.29) is 6.04 Å². The van der Waals surface area contributed by atoms with Gasteiger partial charge >= 0.3 is 0 Å². The Bertz CT molecular complexity index is 417. The quantitative estimate of drug-likeness (QED) is 0.816. The number of fused-ring (bicyclic) bond motifs is 1. The molecule has 2 nitrogen and oxygen atoms in total. The zero-order valence-electron chi connectivity index (χ0n) is 12.2. The standard InChI is InChI=1S/C17H27NO/c1-3-5-8-13(4-2)11-17(19)12-16(18)14-9-6-7-10-15(14)17/h6-7,9-10,13,16,19H,3-5,8,11-12,18H2,1-2H3. The van der Waals surface area contributed by atoms with Gasteiger partial charge in [-0.25, -0.2) is 0 Å². The van der Waals surface area contributed by atoms with Gasteiger partial charge in [-0.2, -0.15) is 0 Å². The molecular weight excluding hydrogens is 234 g/mol. The van der Waals surface area contributed by atoms with Crippen LogP contribution in [0.3, 0.4) is 0 Å². The fourth-order valence-electron chi connectivity index (χ4n) is 3.44. The van der Waals surface area contributed by atoms with Crippen LogP contribution < -0.4 is 5.73 Å². The Morgan fingerprint density at radius 1 is 1.37 bits per heavy atom. The summed E-state index contributed by atoms with van der Waals surface area (Å²) in [5.41, 5.74) is 7.68. The number of aliphatic hydroxyl groups is 1. The van der Waals surface area contributed by atoms with E-state index in [0.717, 1.165) is 24.0 Å². The van der Waals surface area contributed by atoms with Crippen molar-refractivity contribution in [2.24, 2.45) is 11.7 Å². The van der Waals surface area contributed by atoms with Gasteiger partial charge in [0, 0.05) is 6.04 Å². The fourth-order valence-corrected chi connectivity index (χ4v) is 3.44. The highest BCUT2D eigenvalue weighted by atomic mass is 16.3. The minimum absolute atomic E-state index is 0.00937. The summed E-state index contributed by atoms with van der Waals surface area (Å²) in [5.74, 6) is 0.600. The van der Waals surface area contributed by atoms with E-state index in [1.807, 2.05) is 12.1 Å². The van der Waals surface area contributed by atoms with Crippen molar-refractivity contribution in [1.29, 1.82) is 0 Å². The molecule has 0 fully saturated rings. The highest BCUT2D eigenvalue weighted by Crippen LogP contribution is 2.46. The van der Waals surface area contributed by atoms with Gasteiger partial charge in [-0.1, -0.05) is 63.8 Å². The van der Waals surface area contributed by atoms with Crippen molar-refractivity contribution in [3.63, 3.8) is 0 Å². The highest BCUT2D eigenvalue weighted by molar-refractivity contribution is 5.39. The van der Waals surface area contributed by atoms with E-state index in [4.69, 9.17) is 5.73 Å². The molecule has 0 bridgehead atoms. The maximum absolute atomic E-state index is 11.0. The lowest BCUT2D eigenvalue weighted by molar-refractivity contribution is 0.00634. The first-order chi connectivity index (χ1) is 9.10. The Morgan fingerprint density at radius 2 is 2.11 bits per heavy atom. The lowest BCUT2D eigenvalue weighted by atomic mass is 9.82. The molecule has 3 atom stereocenters. The molecule has 0 aliphatic heterocycles. The van der Waals surface area contributed by atoms with Crippen LogP contribution in [0.2, 0.25) is 0 Å². The molecule has 0 saturated heterocycles. The molecule has 1 aliphatic rings. The first kappa shape index (κ1) is 14.5. The van der Waals surface area contributed by atoms with E-state index in [1.165, 1.54) is 19.3 Å². The summed E-state index contributed by atoms with van der Waals surface area (Å²) in [6, 6.07) is 8.12. The Morgan fingerprint density at radius 3 is 2.79 bits per heavy atom.